The summed E-state index contributed by atoms with van der Waals surface area (Å²) in [6.07, 6.45) is 1.98. The molecule has 0 spiro atoms. The molecular formula is C20H22N2O4S2. The van der Waals surface area contributed by atoms with Gasteiger partial charge in [-0.3, -0.25) is 4.90 Å². The molecule has 2 fully saturated rings. The minimum atomic E-state index is -3.19. The van der Waals surface area contributed by atoms with Crippen molar-refractivity contribution >= 4 is 33.3 Å². The van der Waals surface area contributed by atoms with E-state index in [1.807, 2.05) is 54.8 Å². The Morgan fingerprint density at radius 2 is 1.86 bits per heavy atom. The van der Waals surface area contributed by atoms with Gasteiger partial charge in [-0.25, -0.2) is 13.2 Å². The van der Waals surface area contributed by atoms with Gasteiger partial charge in [0.05, 0.1) is 30.7 Å². The van der Waals surface area contributed by atoms with Crippen LogP contribution >= 0.6 is 11.8 Å². The first-order chi connectivity index (χ1) is 13.4. The fourth-order valence-corrected chi connectivity index (χ4v) is 6.39. The van der Waals surface area contributed by atoms with E-state index in [1.54, 1.807) is 28.7 Å². The molecule has 2 aromatic rings. The van der Waals surface area contributed by atoms with Crippen LogP contribution in [0.1, 0.15) is 5.56 Å². The van der Waals surface area contributed by atoms with Crippen molar-refractivity contribution in [2.45, 2.75) is 23.5 Å². The number of fused-ring (bicyclic) bond motifs is 1. The molecule has 2 aliphatic rings. The maximum absolute atomic E-state index is 13.3. The molecule has 0 N–H and O–H groups in total. The van der Waals surface area contributed by atoms with E-state index in [0.29, 0.717) is 12.3 Å². The SMILES string of the molecule is COc1cccc(CN2C(=O)N(c3cccc(SC)c3)[C@H]3CS(=O)(=O)C[C@@H]32)c1. The molecule has 28 heavy (non-hydrogen) atoms. The molecule has 8 heteroatoms. The molecule has 0 aliphatic carbocycles. The number of nitrogens with zero attached hydrogens (tertiary/aromatic N) is 2. The number of rotatable bonds is 5. The van der Waals surface area contributed by atoms with Gasteiger partial charge in [-0.05, 0) is 42.2 Å². The fourth-order valence-electron chi connectivity index (χ4n) is 3.99. The molecule has 0 aromatic heterocycles. The normalized spacial score (nSPS) is 23.1. The summed E-state index contributed by atoms with van der Waals surface area (Å²) in [7, 11) is -1.59. The maximum Gasteiger partial charge on any atom is 0.325 e. The van der Waals surface area contributed by atoms with Gasteiger partial charge in [0.15, 0.2) is 9.84 Å². The third-order valence-electron chi connectivity index (χ3n) is 5.30. The predicted molar refractivity (Wildman–Crippen MR) is 111 cm³/mol. The molecule has 0 bridgehead atoms. The van der Waals surface area contributed by atoms with E-state index in [0.717, 1.165) is 16.1 Å². The van der Waals surface area contributed by atoms with E-state index in [-0.39, 0.29) is 29.6 Å². The average Bonchev–Trinajstić information content (AvgIpc) is 3.12. The lowest BCUT2D eigenvalue weighted by Gasteiger charge is -2.23. The first-order valence-corrected chi connectivity index (χ1v) is 12.0. The van der Waals surface area contributed by atoms with E-state index < -0.39 is 9.84 Å². The monoisotopic (exact) mass is 418 g/mol. The first kappa shape index (κ1) is 19.1. The minimum Gasteiger partial charge on any atom is -0.497 e. The Balaban J connectivity index is 1.70. The zero-order valence-corrected chi connectivity index (χ0v) is 17.4. The number of hydrogen-bond acceptors (Lipinski definition) is 5. The number of urea groups is 1. The Hall–Kier alpha value is -2.19. The highest BCUT2D eigenvalue weighted by molar-refractivity contribution is 7.98. The molecule has 0 unspecified atom stereocenters. The van der Waals surface area contributed by atoms with E-state index >= 15 is 0 Å². The molecule has 0 saturated carbocycles. The molecule has 4 rings (SSSR count). The number of hydrogen-bond donors (Lipinski definition) is 0. The highest BCUT2D eigenvalue weighted by Crippen LogP contribution is 2.37. The fraction of sp³-hybridized carbons (Fsp3) is 0.350. The largest absolute Gasteiger partial charge is 0.497 e. The molecule has 148 valence electrons. The second-order valence-corrected chi connectivity index (χ2v) is 10.1. The van der Waals surface area contributed by atoms with Crippen LogP contribution < -0.4 is 9.64 Å². The third-order valence-corrected chi connectivity index (χ3v) is 7.72. The van der Waals surface area contributed by atoms with Crippen LogP contribution in [0.15, 0.2) is 53.4 Å². The van der Waals surface area contributed by atoms with Gasteiger partial charge in [0.1, 0.15) is 5.75 Å². The van der Waals surface area contributed by atoms with Gasteiger partial charge < -0.3 is 9.64 Å². The van der Waals surface area contributed by atoms with Crippen LogP contribution in [0.4, 0.5) is 10.5 Å². The summed E-state index contributed by atoms with van der Waals surface area (Å²) in [4.78, 5) is 17.7. The summed E-state index contributed by atoms with van der Waals surface area (Å²) < 4.78 is 30.0. The second kappa shape index (κ2) is 7.33. The van der Waals surface area contributed by atoms with Crippen molar-refractivity contribution in [1.29, 1.82) is 0 Å². The van der Waals surface area contributed by atoms with Crippen LogP contribution in [-0.4, -0.2) is 56.3 Å². The van der Waals surface area contributed by atoms with E-state index in [2.05, 4.69) is 0 Å². The number of amides is 2. The summed E-state index contributed by atoms with van der Waals surface area (Å²) in [6, 6.07) is 14.4. The Morgan fingerprint density at radius 1 is 1.11 bits per heavy atom. The van der Waals surface area contributed by atoms with Gasteiger partial charge in [-0.2, -0.15) is 0 Å². The van der Waals surface area contributed by atoms with Crippen molar-refractivity contribution in [2.75, 3.05) is 29.8 Å². The quantitative estimate of drug-likeness (QED) is 0.552. The lowest BCUT2D eigenvalue weighted by Crippen LogP contribution is -2.37. The molecule has 2 atom stereocenters. The van der Waals surface area contributed by atoms with Crippen LogP contribution in [0.2, 0.25) is 0 Å². The van der Waals surface area contributed by atoms with E-state index in [1.165, 1.54) is 0 Å². The van der Waals surface area contributed by atoms with Gasteiger partial charge in [-0.15, -0.1) is 11.8 Å². The number of sulfone groups is 1. The van der Waals surface area contributed by atoms with Crippen LogP contribution in [0.25, 0.3) is 0 Å². The average molecular weight is 419 g/mol. The molecule has 2 heterocycles. The number of carbonyl (C=O) groups is 1. The summed E-state index contributed by atoms with van der Waals surface area (Å²) in [6.45, 7) is 0.353. The minimum absolute atomic E-state index is 0.00150. The van der Waals surface area contributed by atoms with E-state index in [9.17, 15) is 13.2 Å². The number of benzene rings is 2. The summed E-state index contributed by atoms with van der Waals surface area (Å²) in [5.41, 5.74) is 1.66. The van der Waals surface area contributed by atoms with Gasteiger partial charge in [0.25, 0.3) is 0 Å². The van der Waals surface area contributed by atoms with E-state index in [4.69, 9.17) is 4.74 Å². The topological polar surface area (TPSA) is 66.9 Å². The van der Waals surface area contributed by atoms with Crippen LogP contribution in [-0.2, 0) is 16.4 Å². The van der Waals surface area contributed by atoms with Crippen LogP contribution in [0.5, 0.6) is 5.75 Å². The molecule has 2 aromatic carbocycles. The van der Waals surface area contributed by atoms with Gasteiger partial charge in [0.2, 0.25) is 0 Å². The van der Waals surface area contributed by atoms with Crippen molar-refractivity contribution in [3.63, 3.8) is 0 Å². The molecular weight excluding hydrogens is 396 g/mol. The maximum atomic E-state index is 13.3. The summed E-state index contributed by atoms with van der Waals surface area (Å²) in [5, 5.41) is 0. The predicted octanol–water partition coefficient (Wildman–Crippen LogP) is 3.02. The smallest absolute Gasteiger partial charge is 0.325 e. The summed E-state index contributed by atoms with van der Waals surface area (Å²) in [5.74, 6) is 0.720. The molecule has 0 radical (unpaired) electrons. The number of anilines is 1. The highest BCUT2D eigenvalue weighted by Gasteiger charge is 2.53. The summed E-state index contributed by atoms with van der Waals surface area (Å²) >= 11 is 1.59. The van der Waals surface area contributed by atoms with Crippen molar-refractivity contribution in [2.24, 2.45) is 0 Å². The highest BCUT2D eigenvalue weighted by atomic mass is 32.2. The van der Waals surface area contributed by atoms with Gasteiger partial charge >= 0.3 is 6.03 Å². The number of thioether (sulfide) groups is 1. The Labute approximate surface area is 169 Å². The Morgan fingerprint density at radius 3 is 2.61 bits per heavy atom. The standard InChI is InChI=1S/C20H22N2O4S2/c1-26-16-7-3-5-14(9-16)11-21-18-12-28(24,25)13-19(18)22(20(21)23)15-6-4-8-17(10-15)27-2/h3-10,18-19H,11-13H2,1-2H3/t18-,19-/m0/s1. The third kappa shape index (κ3) is 3.46. The number of carbonyl (C=O) groups excluding carboxylic acids is 1. The van der Waals surface area contributed by atoms with Crippen molar-refractivity contribution in [3.8, 4) is 5.75 Å². The molecule has 2 saturated heterocycles. The van der Waals surface area contributed by atoms with Crippen LogP contribution in [0, 0.1) is 0 Å². The van der Waals surface area contributed by atoms with Gasteiger partial charge in [-0.1, -0.05) is 18.2 Å². The molecule has 6 nitrogen and oxygen atoms in total. The van der Waals surface area contributed by atoms with Crippen molar-refractivity contribution in [1.82, 2.24) is 4.90 Å². The molecule has 2 aliphatic heterocycles. The lowest BCUT2D eigenvalue weighted by molar-refractivity contribution is 0.206. The first-order valence-electron chi connectivity index (χ1n) is 8.99. The van der Waals surface area contributed by atoms with Gasteiger partial charge in [0, 0.05) is 17.1 Å². The molecule has 2 amide bonds. The zero-order valence-electron chi connectivity index (χ0n) is 15.7. The second-order valence-electron chi connectivity index (χ2n) is 7.05. The van der Waals surface area contributed by atoms with Crippen molar-refractivity contribution < 1.29 is 17.9 Å². The lowest BCUT2D eigenvalue weighted by atomic mass is 10.1. The number of methoxy groups -OCH3 is 1. The Kier molecular flexibility index (Phi) is 5.01. The van der Waals surface area contributed by atoms with Crippen molar-refractivity contribution in [3.05, 3.63) is 54.1 Å². The van der Waals surface area contributed by atoms with Crippen LogP contribution in [0.3, 0.4) is 0 Å². The Bertz CT molecular complexity index is 1010. The number of ether oxygens (including phenoxy) is 1. The zero-order chi connectivity index (χ0) is 19.9.